The van der Waals surface area contributed by atoms with Gasteiger partial charge in [0.1, 0.15) is 11.6 Å². The second-order valence-electron chi connectivity index (χ2n) is 7.88. The van der Waals surface area contributed by atoms with Crippen molar-refractivity contribution in [3.8, 4) is 17.0 Å². The molecule has 0 spiro atoms. The first kappa shape index (κ1) is 21.4. The third kappa shape index (κ3) is 4.55. The summed E-state index contributed by atoms with van der Waals surface area (Å²) in [6.07, 6.45) is 2.44. The van der Waals surface area contributed by atoms with Gasteiger partial charge in [-0.2, -0.15) is 9.61 Å². The minimum absolute atomic E-state index is 0.0119. The minimum Gasteiger partial charge on any atom is -0.507 e. The molecule has 8 nitrogen and oxygen atoms in total. The average molecular weight is 508 g/mol. The number of phenolic OH excluding ortho intramolecular Hbond substituents is 1. The first-order valence-electron chi connectivity index (χ1n) is 10.6. The first-order chi connectivity index (χ1) is 16.1. The van der Waals surface area contributed by atoms with Crippen molar-refractivity contribution in [2.75, 3.05) is 23.8 Å². The second-order valence-corrected chi connectivity index (χ2v) is 8.73. The maximum Gasteiger partial charge on any atom is 0.229 e. The lowest BCUT2D eigenvalue weighted by Gasteiger charge is -2.13. The molecule has 0 radical (unpaired) electrons. The first-order valence-corrected chi connectivity index (χ1v) is 11.4. The van der Waals surface area contributed by atoms with E-state index in [-0.39, 0.29) is 17.6 Å². The quantitative estimate of drug-likeness (QED) is 0.356. The molecule has 4 aromatic rings. The molecule has 1 aliphatic heterocycles. The predicted molar refractivity (Wildman–Crippen MR) is 129 cm³/mol. The molecular formula is C24H22BrN5O3. The van der Waals surface area contributed by atoms with Gasteiger partial charge in [0.05, 0.1) is 28.9 Å². The summed E-state index contributed by atoms with van der Waals surface area (Å²) >= 11 is 3.50. The van der Waals surface area contributed by atoms with Gasteiger partial charge in [-0.3, -0.25) is 4.79 Å². The molecule has 0 aliphatic carbocycles. The van der Waals surface area contributed by atoms with Gasteiger partial charge in [0.25, 0.3) is 0 Å². The van der Waals surface area contributed by atoms with E-state index >= 15 is 0 Å². The molecule has 5 rings (SSSR count). The molecule has 9 heteroatoms. The van der Waals surface area contributed by atoms with Crippen LogP contribution >= 0.6 is 15.9 Å². The van der Waals surface area contributed by atoms with E-state index in [1.165, 1.54) is 0 Å². The number of ether oxygens (including phenoxy) is 1. The molecule has 2 aromatic carbocycles. The van der Waals surface area contributed by atoms with Crippen molar-refractivity contribution in [2.45, 2.75) is 13.0 Å². The van der Waals surface area contributed by atoms with Gasteiger partial charge in [-0.25, -0.2) is 4.98 Å². The molecule has 3 heterocycles. The highest BCUT2D eigenvalue weighted by Crippen LogP contribution is 2.31. The predicted octanol–water partition coefficient (Wildman–Crippen LogP) is 4.45. The Bertz CT molecular complexity index is 1320. The maximum atomic E-state index is 12.4. The van der Waals surface area contributed by atoms with Crippen LogP contribution in [0.4, 0.5) is 11.5 Å². The number of hydrogen-bond acceptors (Lipinski definition) is 6. The molecule has 33 heavy (non-hydrogen) atoms. The fourth-order valence-corrected chi connectivity index (χ4v) is 4.18. The normalized spacial score (nSPS) is 15.6. The van der Waals surface area contributed by atoms with Gasteiger partial charge in [-0.15, -0.1) is 0 Å². The molecule has 1 aliphatic rings. The molecule has 1 saturated heterocycles. The molecule has 1 atom stereocenters. The van der Waals surface area contributed by atoms with Gasteiger partial charge in [-0.05, 0) is 52.2 Å². The number of rotatable bonds is 6. The lowest BCUT2D eigenvalue weighted by atomic mass is 10.1. The van der Waals surface area contributed by atoms with Crippen LogP contribution in [0.2, 0.25) is 0 Å². The van der Waals surface area contributed by atoms with E-state index in [0.717, 1.165) is 28.0 Å². The number of aromatic nitrogens is 3. The van der Waals surface area contributed by atoms with Crippen molar-refractivity contribution in [1.82, 2.24) is 14.6 Å². The molecule has 1 amide bonds. The van der Waals surface area contributed by atoms with E-state index in [1.54, 1.807) is 22.8 Å². The lowest BCUT2D eigenvalue weighted by Crippen LogP contribution is -2.22. The molecule has 1 unspecified atom stereocenters. The standard InChI is InChI=1S/C24H22BrN5O3/c25-19-13-27-30-22(11-20(29-23(19)30)18-6-1-2-7-21(18)31)26-12-15-4-3-5-17(10-15)28-24(32)16-8-9-33-14-16/h1-7,10-11,13,16,26,31H,8-9,12,14H2,(H,28,32). The monoisotopic (exact) mass is 507 g/mol. The van der Waals surface area contributed by atoms with Crippen molar-refractivity contribution in [2.24, 2.45) is 5.92 Å². The third-order valence-corrected chi connectivity index (χ3v) is 6.14. The SMILES string of the molecule is O=C(Nc1cccc(CNc2cc(-c3ccccc3O)nc3c(Br)cnn23)c1)C1CCOC1. The summed E-state index contributed by atoms with van der Waals surface area (Å²) in [5.74, 6) is 0.777. The van der Waals surface area contributed by atoms with E-state index in [0.29, 0.717) is 36.7 Å². The van der Waals surface area contributed by atoms with Gasteiger partial charge >= 0.3 is 0 Å². The van der Waals surface area contributed by atoms with Crippen molar-refractivity contribution >= 4 is 39.0 Å². The zero-order valence-corrected chi connectivity index (χ0v) is 19.2. The van der Waals surface area contributed by atoms with Crippen LogP contribution < -0.4 is 10.6 Å². The molecule has 0 bridgehead atoms. The number of amides is 1. The topological polar surface area (TPSA) is 101 Å². The van der Waals surface area contributed by atoms with Gasteiger partial charge < -0.3 is 20.5 Å². The van der Waals surface area contributed by atoms with Crippen LogP contribution in [-0.2, 0) is 16.1 Å². The number of benzene rings is 2. The van der Waals surface area contributed by atoms with E-state index in [4.69, 9.17) is 4.74 Å². The largest absolute Gasteiger partial charge is 0.507 e. The van der Waals surface area contributed by atoms with Crippen LogP contribution in [0.5, 0.6) is 5.75 Å². The zero-order chi connectivity index (χ0) is 22.8. The summed E-state index contributed by atoms with van der Waals surface area (Å²) in [5.41, 5.74) is 3.65. The number of halogens is 1. The Morgan fingerprint density at radius 2 is 2.09 bits per heavy atom. The van der Waals surface area contributed by atoms with E-state index in [2.05, 4.69) is 36.6 Å². The molecular weight excluding hydrogens is 486 g/mol. The molecule has 168 valence electrons. The number of aromatic hydroxyl groups is 1. The Balaban J connectivity index is 1.38. The Labute approximate surface area is 198 Å². The summed E-state index contributed by atoms with van der Waals surface area (Å²) in [7, 11) is 0. The Kier molecular flexibility index (Phi) is 5.97. The molecule has 0 saturated carbocycles. The van der Waals surface area contributed by atoms with Crippen molar-refractivity contribution in [3.05, 3.63) is 70.8 Å². The zero-order valence-electron chi connectivity index (χ0n) is 17.7. The van der Waals surface area contributed by atoms with Crippen LogP contribution in [-0.4, -0.2) is 38.8 Å². The summed E-state index contributed by atoms with van der Waals surface area (Å²) in [5, 5.41) is 21.1. The molecule has 2 aromatic heterocycles. The summed E-state index contributed by atoms with van der Waals surface area (Å²) in [6, 6.07) is 16.7. The van der Waals surface area contributed by atoms with Crippen molar-refractivity contribution in [1.29, 1.82) is 0 Å². The number of carbonyl (C=O) groups is 1. The number of fused-ring (bicyclic) bond motifs is 1. The average Bonchev–Trinajstić information content (AvgIpc) is 3.49. The van der Waals surface area contributed by atoms with Gasteiger partial charge in [0.15, 0.2) is 5.65 Å². The van der Waals surface area contributed by atoms with Gasteiger partial charge in [0, 0.05) is 30.5 Å². The van der Waals surface area contributed by atoms with Crippen LogP contribution in [0.15, 0.2) is 65.3 Å². The number of hydrogen-bond donors (Lipinski definition) is 3. The number of para-hydroxylation sites is 1. The number of anilines is 2. The number of nitrogens with zero attached hydrogens (tertiary/aromatic N) is 3. The number of nitrogens with one attached hydrogen (secondary N) is 2. The summed E-state index contributed by atoms with van der Waals surface area (Å²) in [4.78, 5) is 17.1. The van der Waals surface area contributed by atoms with E-state index in [1.807, 2.05) is 42.5 Å². The highest BCUT2D eigenvalue weighted by Gasteiger charge is 2.23. The maximum absolute atomic E-state index is 12.4. The molecule has 3 N–H and O–H groups in total. The van der Waals surface area contributed by atoms with Crippen LogP contribution in [0.3, 0.4) is 0 Å². The Morgan fingerprint density at radius 3 is 2.91 bits per heavy atom. The van der Waals surface area contributed by atoms with Gasteiger partial charge in [0.2, 0.25) is 5.91 Å². The number of phenols is 1. The summed E-state index contributed by atoms with van der Waals surface area (Å²) < 4.78 is 7.77. The van der Waals surface area contributed by atoms with Crippen molar-refractivity contribution in [3.63, 3.8) is 0 Å². The van der Waals surface area contributed by atoms with Crippen LogP contribution in [0.1, 0.15) is 12.0 Å². The second kappa shape index (κ2) is 9.21. The number of carbonyl (C=O) groups excluding carboxylic acids is 1. The molecule has 1 fully saturated rings. The van der Waals surface area contributed by atoms with Crippen LogP contribution in [0.25, 0.3) is 16.9 Å². The van der Waals surface area contributed by atoms with Crippen molar-refractivity contribution < 1.29 is 14.6 Å². The lowest BCUT2D eigenvalue weighted by molar-refractivity contribution is -0.119. The van der Waals surface area contributed by atoms with Crippen LogP contribution in [0, 0.1) is 5.92 Å². The fraction of sp³-hybridized carbons (Fsp3) is 0.208. The fourth-order valence-electron chi connectivity index (χ4n) is 3.83. The summed E-state index contributed by atoms with van der Waals surface area (Å²) in [6.45, 7) is 1.62. The third-order valence-electron chi connectivity index (χ3n) is 5.58. The highest BCUT2D eigenvalue weighted by atomic mass is 79.9. The Morgan fingerprint density at radius 1 is 1.21 bits per heavy atom. The van der Waals surface area contributed by atoms with E-state index < -0.39 is 0 Å². The minimum atomic E-state index is -0.0945. The Hall–Kier alpha value is -3.43. The van der Waals surface area contributed by atoms with Gasteiger partial charge in [-0.1, -0.05) is 24.3 Å². The van der Waals surface area contributed by atoms with E-state index in [9.17, 15) is 9.90 Å². The highest BCUT2D eigenvalue weighted by molar-refractivity contribution is 9.10. The smallest absolute Gasteiger partial charge is 0.229 e.